The molecule has 122 valence electrons. The fourth-order valence-electron chi connectivity index (χ4n) is 6.74. The molecule has 0 aromatic heterocycles. The highest BCUT2D eigenvalue weighted by Gasteiger charge is 2.59. The second kappa shape index (κ2) is 4.83. The molecule has 22 heavy (non-hydrogen) atoms. The van der Waals surface area contributed by atoms with Gasteiger partial charge in [0.05, 0.1) is 0 Å². The molecule has 0 radical (unpaired) electrons. The molecule has 0 spiro atoms. The highest BCUT2D eigenvalue weighted by atomic mass is 16.3. The molecule has 3 nitrogen and oxygen atoms in total. The maximum atomic E-state index is 11.7. The number of hydrogen-bond donors (Lipinski definition) is 2. The van der Waals surface area contributed by atoms with Crippen molar-refractivity contribution in [3.05, 3.63) is 12.2 Å². The van der Waals surface area contributed by atoms with E-state index in [4.69, 9.17) is 0 Å². The van der Waals surface area contributed by atoms with Crippen LogP contribution in [-0.4, -0.2) is 23.7 Å². The fourth-order valence-corrected chi connectivity index (χ4v) is 6.74. The summed E-state index contributed by atoms with van der Waals surface area (Å²) in [4.78, 5) is 11.7. The quantitative estimate of drug-likeness (QED) is 0.782. The number of aliphatic hydroxyl groups excluding tert-OH is 1. The van der Waals surface area contributed by atoms with Crippen LogP contribution in [-0.2, 0) is 4.79 Å². The van der Waals surface area contributed by atoms with Gasteiger partial charge in [-0.15, -0.1) is 0 Å². The summed E-state index contributed by atoms with van der Waals surface area (Å²) in [5.41, 5.74) is 0.482. The van der Waals surface area contributed by atoms with Crippen LogP contribution in [0.5, 0.6) is 0 Å². The molecule has 3 fully saturated rings. The highest BCUT2D eigenvalue weighted by molar-refractivity contribution is 5.89. The Hall–Kier alpha value is -0.830. The van der Waals surface area contributed by atoms with E-state index in [-0.39, 0.29) is 11.3 Å². The van der Waals surface area contributed by atoms with Gasteiger partial charge in [0.1, 0.15) is 0 Å². The topological polar surface area (TPSA) is 49.3 Å². The Balaban J connectivity index is 1.66. The lowest BCUT2D eigenvalue weighted by atomic mass is 9.48. The third kappa shape index (κ3) is 1.81. The van der Waals surface area contributed by atoms with Gasteiger partial charge in [0, 0.05) is 18.1 Å². The van der Waals surface area contributed by atoms with Gasteiger partial charge in [0.2, 0.25) is 5.91 Å². The fraction of sp³-hybridized carbons (Fsp3) is 0.842. The number of carbonyl (C=O) groups excluding carboxylic acids is 1. The second-order valence-corrected chi connectivity index (χ2v) is 8.72. The Morgan fingerprint density at radius 3 is 2.77 bits per heavy atom. The summed E-state index contributed by atoms with van der Waals surface area (Å²) in [7, 11) is 0. The number of fused-ring (bicyclic) bond motifs is 5. The molecule has 1 amide bonds. The highest BCUT2D eigenvalue weighted by Crippen LogP contribution is 2.64. The Kier molecular flexibility index (Phi) is 3.24. The van der Waals surface area contributed by atoms with Crippen molar-refractivity contribution in [1.82, 2.24) is 5.32 Å². The lowest BCUT2D eigenvalue weighted by Crippen LogP contribution is -2.59. The molecule has 7 atom stereocenters. The minimum absolute atomic E-state index is 0.0859. The molecule has 4 aliphatic rings. The van der Waals surface area contributed by atoms with Crippen LogP contribution >= 0.6 is 0 Å². The first-order valence-electron chi connectivity index (χ1n) is 9.09. The number of amides is 1. The van der Waals surface area contributed by atoms with E-state index in [1.165, 1.54) is 32.1 Å². The van der Waals surface area contributed by atoms with E-state index in [2.05, 4.69) is 25.2 Å². The van der Waals surface area contributed by atoms with Crippen molar-refractivity contribution in [2.24, 2.45) is 34.5 Å². The van der Waals surface area contributed by atoms with E-state index in [0.717, 1.165) is 18.3 Å². The molecule has 0 aromatic carbocycles. The molecule has 2 N–H and O–H groups in total. The first-order valence-corrected chi connectivity index (χ1v) is 9.09. The van der Waals surface area contributed by atoms with Gasteiger partial charge >= 0.3 is 0 Å². The summed E-state index contributed by atoms with van der Waals surface area (Å²) in [5.74, 6) is 2.83. The van der Waals surface area contributed by atoms with Crippen molar-refractivity contribution in [3.63, 3.8) is 0 Å². The molecule has 1 aliphatic heterocycles. The van der Waals surface area contributed by atoms with Crippen LogP contribution in [0.1, 0.15) is 52.4 Å². The molecule has 4 rings (SSSR count). The van der Waals surface area contributed by atoms with E-state index in [1.807, 2.05) is 0 Å². The van der Waals surface area contributed by atoms with E-state index >= 15 is 0 Å². The average molecular weight is 303 g/mol. The van der Waals surface area contributed by atoms with Crippen molar-refractivity contribution in [1.29, 1.82) is 0 Å². The minimum atomic E-state index is 0.0859. The zero-order valence-corrected chi connectivity index (χ0v) is 13.8. The summed E-state index contributed by atoms with van der Waals surface area (Å²) < 4.78 is 0. The van der Waals surface area contributed by atoms with Gasteiger partial charge in [-0.3, -0.25) is 4.79 Å². The summed E-state index contributed by atoms with van der Waals surface area (Å²) in [5, 5.41) is 13.0. The zero-order chi connectivity index (χ0) is 15.5. The number of aliphatic hydroxyl groups is 1. The van der Waals surface area contributed by atoms with E-state index in [1.54, 1.807) is 6.08 Å². The maximum Gasteiger partial charge on any atom is 0.243 e. The number of carbonyl (C=O) groups is 1. The molecule has 1 heterocycles. The summed E-state index contributed by atoms with van der Waals surface area (Å²) in [6.45, 7) is 5.17. The van der Waals surface area contributed by atoms with Gasteiger partial charge in [-0.25, -0.2) is 0 Å². The van der Waals surface area contributed by atoms with Crippen molar-refractivity contribution in [2.45, 2.75) is 58.4 Å². The largest absolute Gasteiger partial charge is 0.396 e. The van der Waals surface area contributed by atoms with E-state index in [9.17, 15) is 9.90 Å². The molecule has 0 unspecified atom stereocenters. The molecule has 0 aromatic rings. The Bertz CT molecular complexity index is 516. The lowest BCUT2D eigenvalue weighted by molar-refractivity contribution is -0.122. The van der Waals surface area contributed by atoms with Crippen LogP contribution in [0.15, 0.2) is 12.2 Å². The molecule has 0 saturated heterocycles. The normalized spacial score (nSPS) is 53.4. The first-order chi connectivity index (χ1) is 10.5. The molecule has 3 heteroatoms. The molecule has 0 bridgehead atoms. The standard InChI is InChI=1S/C19H29NO2/c1-18-9-7-15-13(14(18)5-3-12(18)11-21)4-6-16-19(15,2)10-8-17(22)20-16/h8,10,12-16,21H,3-7,9,11H2,1-2H3,(H,20,22)/t12-,13+,14+,15+,16-,18-,19-/m1/s1. The zero-order valence-electron chi connectivity index (χ0n) is 13.8. The van der Waals surface area contributed by atoms with Crippen molar-refractivity contribution >= 4 is 5.91 Å². The third-order valence-corrected chi connectivity index (χ3v) is 8.10. The first kappa shape index (κ1) is 14.7. The van der Waals surface area contributed by atoms with Crippen molar-refractivity contribution < 1.29 is 9.90 Å². The number of hydrogen-bond acceptors (Lipinski definition) is 2. The van der Waals surface area contributed by atoms with Crippen molar-refractivity contribution in [2.75, 3.05) is 6.61 Å². The Morgan fingerprint density at radius 1 is 1.18 bits per heavy atom. The van der Waals surface area contributed by atoms with Crippen LogP contribution < -0.4 is 5.32 Å². The monoisotopic (exact) mass is 303 g/mol. The van der Waals surface area contributed by atoms with Crippen LogP contribution in [0.2, 0.25) is 0 Å². The lowest BCUT2D eigenvalue weighted by Gasteiger charge is -2.58. The third-order valence-electron chi connectivity index (χ3n) is 8.10. The maximum absolute atomic E-state index is 11.7. The SMILES string of the molecule is C[C@]12C=CC(=O)N[C@@H]1CC[C@@H]1[C@@H]2CC[C@]2(C)[C@@H](CO)CC[C@@H]12. The predicted octanol–water partition coefficient (Wildman–Crippen LogP) is 2.89. The van der Waals surface area contributed by atoms with E-state index in [0.29, 0.717) is 29.9 Å². The number of rotatable bonds is 1. The Morgan fingerprint density at radius 2 is 2.00 bits per heavy atom. The Labute approximate surface area is 133 Å². The molecular formula is C19H29NO2. The second-order valence-electron chi connectivity index (χ2n) is 8.72. The molecular weight excluding hydrogens is 274 g/mol. The minimum Gasteiger partial charge on any atom is -0.396 e. The average Bonchev–Trinajstić information content (AvgIpc) is 2.84. The van der Waals surface area contributed by atoms with Gasteiger partial charge in [-0.1, -0.05) is 19.9 Å². The van der Waals surface area contributed by atoms with Gasteiger partial charge in [-0.2, -0.15) is 0 Å². The van der Waals surface area contributed by atoms with Crippen LogP contribution in [0, 0.1) is 34.5 Å². The van der Waals surface area contributed by atoms with Crippen LogP contribution in [0.3, 0.4) is 0 Å². The summed E-state index contributed by atoms with van der Waals surface area (Å²) in [6.07, 6.45) is 11.3. The smallest absolute Gasteiger partial charge is 0.243 e. The number of nitrogens with one attached hydrogen (secondary N) is 1. The summed E-state index contributed by atoms with van der Waals surface area (Å²) in [6, 6.07) is 0.325. The van der Waals surface area contributed by atoms with Crippen LogP contribution in [0.4, 0.5) is 0 Å². The van der Waals surface area contributed by atoms with Gasteiger partial charge in [0.15, 0.2) is 0 Å². The summed E-state index contributed by atoms with van der Waals surface area (Å²) >= 11 is 0. The predicted molar refractivity (Wildman–Crippen MR) is 86.0 cm³/mol. The van der Waals surface area contributed by atoms with E-state index < -0.39 is 0 Å². The van der Waals surface area contributed by atoms with Gasteiger partial charge < -0.3 is 10.4 Å². The van der Waals surface area contributed by atoms with Crippen LogP contribution in [0.25, 0.3) is 0 Å². The van der Waals surface area contributed by atoms with Gasteiger partial charge in [0.25, 0.3) is 0 Å². The molecule has 3 aliphatic carbocycles. The van der Waals surface area contributed by atoms with Crippen molar-refractivity contribution in [3.8, 4) is 0 Å². The molecule has 3 saturated carbocycles. The van der Waals surface area contributed by atoms with Gasteiger partial charge in [-0.05, 0) is 73.7 Å².